The number of nitrogens with zero attached hydrogens (tertiary/aromatic N) is 2. The minimum Gasteiger partial charge on any atom is -0.465 e. The second-order valence-corrected chi connectivity index (χ2v) is 4.29. The fourth-order valence-corrected chi connectivity index (χ4v) is 2.03. The van der Waals surface area contributed by atoms with E-state index >= 15 is 0 Å². The van der Waals surface area contributed by atoms with Gasteiger partial charge in [-0.25, -0.2) is 9.78 Å². The summed E-state index contributed by atoms with van der Waals surface area (Å²) in [7, 11) is 3.01. The number of methoxy groups -OCH3 is 2. The zero-order valence-electron chi connectivity index (χ0n) is 11.2. The molecule has 2 rings (SSSR count). The topological polar surface area (TPSA) is 60.9 Å². The summed E-state index contributed by atoms with van der Waals surface area (Å²) in [6, 6.07) is 3.54. The Balaban J connectivity index is 2.03. The maximum absolute atomic E-state index is 11.3. The average Bonchev–Trinajstić information content (AvgIpc) is 2.47. The molecule has 1 atom stereocenters. The highest BCUT2D eigenvalue weighted by atomic mass is 16.5. The SMILES string of the molecule is COC[C@H]1CN(c2ccc(C(=O)OC)cn2)CCO1. The van der Waals surface area contributed by atoms with Gasteiger partial charge in [-0.3, -0.25) is 0 Å². The lowest BCUT2D eigenvalue weighted by Crippen LogP contribution is -2.44. The van der Waals surface area contributed by atoms with Crippen molar-refractivity contribution >= 4 is 11.8 Å². The summed E-state index contributed by atoms with van der Waals surface area (Å²) in [5.41, 5.74) is 0.452. The third-order valence-electron chi connectivity index (χ3n) is 2.98. The molecule has 0 unspecified atom stereocenters. The van der Waals surface area contributed by atoms with Crippen molar-refractivity contribution in [3.8, 4) is 0 Å². The first-order chi connectivity index (χ1) is 9.24. The fraction of sp³-hybridized carbons (Fsp3) is 0.538. The Morgan fingerprint density at radius 2 is 2.37 bits per heavy atom. The molecule has 1 aliphatic rings. The molecule has 1 aromatic heterocycles. The van der Waals surface area contributed by atoms with Gasteiger partial charge in [0.15, 0.2) is 0 Å². The van der Waals surface area contributed by atoms with Gasteiger partial charge in [-0.05, 0) is 12.1 Å². The normalized spacial score (nSPS) is 19.3. The molecule has 1 saturated heterocycles. The third-order valence-corrected chi connectivity index (χ3v) is 2.98. The largest absolute Gasteiger partial charge is 0.465 e. The van der Waals surface area contributed by atoms with Crippen LogP contribution in [-0.2, 0) is 14.2 Å². The van der Waals surface area contributed by atoms with Crippen LogP contribution in [0.2, 0.25) is 0 Å². The smallest absolute Gasteiger partial charge is 0.339 e. The van der Waals surface area contributed by atoms with Crippen LogP contribution in [0.4, 0.5) is 5.82 Å². The molecule has 6 nitrogen and oxygen atoms in total. The van der Waals surface area contributed by atoms with Crippen LogP contribution in [0.3, 0.4) is 0 Å². The van der Waals surface area contributed by atoms with Gasteiger partial charge in [-0.15, -0.1) is 0 Å². The van der Waals surface area contributed by atoms with Gasteiger partial charge in [-0.2, -0.15) is 0 Å². The number of hydrogen-bond donors (Lipinski definition) is 0. The zero-order chi connectivity index (χ0) is 13.7. The van der Waals surface area contributed by atoms with Crippen molar-refractivity contribution in [3.05, 3.63) is 23.9 Å². The number of anilines is 1. The summed E-state index contributed by atoms with van der Waals surface area (Å²) < 4.78 is 15.3. The highest BCUT2D eigenvalue weighted by molar-refractivity contribution is 5.89. The number of aromatic nitrogens is 1. The van der Waals surface area contributed by atoms with Gasteiger partial charge < -0.3 is 19.1 Å². The number of hydrogen-bond acceptors (Lipinski definition) is 6. The van der Waals surface area contributed by atoms with E-state index in [0.29, 0.717) is 18.8 Å². The van der Waals surface area contributed by atoms with E-state index < -0.39 is 0 Å². The highest BCUT2D eigenvalue weighted by Gasteiger charge is 2.21. The monoisotopic (exact) mass is 266 g/mol. The van der Waals surface area contributed by atoms with Crippen molar-refractivity contribution in [3.63, 3.8) is 0 Å². The molecule has 0 aromatic carbocycles. The Labute approximate surface area is 112 Å². The summed E-state index contributed by atoms with van der Waals surface area (Å²) in [6.07, 6.45) is 1.59. The van der Waals surface area contributed by atoms with E-state index in [2.05, 4.69) is 14.6 Å². The van der Waals surface area contributed by atoms with Crippen molar-refractivity contribution in [2.75, 3.05) is 45.4 Å². The Hall–Kier alpha value is -1.66. The predicted octanol–water partition coefficient (Wildman–Crippen LogP) is 0.720. The van der Waals surface area contributed by atoms with E-state index in [4.69, 9.17) is 9.47 Å². The van der Waals surface area contributed by atoms with Crippen LogP contribution in [0.5, 0.6) is 0 Å². The summed E-state index contributed by atoms with van der Waals surface area (Å²) in [6.45, 7) is 2.73. The van der Waals surface area contributed by atoms with Gasteiger partial charge in [0, 0.05) is 26.4 Å². The Morgan fingerprint density at radius 3 is 3.00 bits per heavy atom. The molecule has 0 aliphatic carbocycles. The number of ether oxygens (including phenoxy) is 3. The highest BCUT2D eigenvalue weighted by Crippen LogP contribution is 2.16. The number of esters is 1. The third kappa shape index (κ3) is 3.42. The summed E-state index contributed by atoms with van der Waals surface area (Å²) in [5, 5.41) is 0. The van der Waals surface area contributed by atoms with Crippen LogP contribution < -0.4 is 4.90 Å². The molecule has 19 heavy (non-hydrogen) atoms. The van der Waals surface area contributed by atoms with Gasteiger partial charge in [0.25, 0.3) is 0 Å². The van der Waals surface area contributed by atoms with Crippen molar-refractivity contribution in [2.45, 2.75) is 6.10 Å². The summed E-state index contributed by atoms with van der Waals surface area (Å²) in [5.74, 6) is 0.454. The van der Waals surface area contributed by atoms with Gasteiger partial charge in [0.2, 0.25) is 0 Å². The van der Waals surface area contributed by atoms with Gasteiger partial charge >= 0.3 is 5.97 Å². The first-order valence-electron chi connectivity index (χ1n) is 6.14. The molecule has 1 aromatic rings. The molecule has 0 saturated carbocycles. The lowest BCUT2D eigenvalue weighted by atomic mass is 10.2. The second kappa shape index (κ2) is 6.49. The van der Waals surface area contributed by atoms with Crippen LogP contribution >= 0.6 is 0 Å². The quantitative estimate of drug-likeness (QED) is 0.748. The van der Waals surface area contributed by atoms with Crippen LogP contribution in [0.15, 0.2) is 18.3 Å². The molecule has 104 valence electrons. The molecule has 0 amide bonds. The number of carbonyl (C=O) groups is 1. The molecule has 1 aliphatic heterocycles. The van der Waals surface area contributed by atoms with Crippen LogP contribution in [0, 0.1) is 0 Å². The molecule has 0 N–H and O–H groups in total. The van der Waals surface area contributed by atoms with Crippen molar-refractivity contribution in [1.82, 2.24) is 4.98 Å². The van der Waals surface area contributed by atoms with Crippen LogP contribution in [-0.4, -0.2) is 57.6 Å². The Morgan fingerprint density at radius 1 is 1.53 bits per heavy atom. The minimum atomic E-state index is -0.377. The van der Waals surface area contributed by atoms with Crippen LogP contribution in [0.1, 0.15) is 10.4 Å². The lowest BCUT2D eigenvalue weighted by Gasteiger charge is -2.33. The van der Waals surface area contributed by atoms with E-state index in [9.17, 15) is 4.79 Å². The van der Waals surface area contributed by atoms with E-state index in [1.165, 1.54) is 13.3 Å². The van der Waals surface area contributed by atoms with Gasteiger partial charge in [0.1, 0.15) is 5.82 Å². The van der Waals surface area contributed by atoms with Crippen LogP contribution in [0.25, 0.3) is 0 Å². The maximum Gasteiger partial charge on any atom is 0.339 e. The van der Waals surface area contributed by atoms with E-state index in [1.54, 1.807) is 13.2 Å². The minimum absolute atomic E-state index is 0.0563. The first-order valence-corrected chi connectivity index (χ1v) is 6.14. The molecular formula is C13H18N2O4. The molecule has 0 spiro atoms. The van der Waals surface area contributed by atoms with Crippen molar-refractivity contribution in [1.29, 1.82) is 0 Å². The molecule has 0 bridgehead atoms. The fourth-order valence-electron chi connectivity index (χ4n) is 2.03. The zero-order valence-corrected chi connectivity index (χ0v) is 11.2. The van der Waals surface area contributed by atoms with Gasteiger partial charge in [-0.1, -0.05) is 0 Å². The number of pyridine rings is 1. The first kappa shape index (κ1) is 13.8. The molecule has 1 fully saturated rings. The number of morpholine rings is 1. The standard InChI is InChI=1S/C13H18N2O4/c1-17-9-11-8-15(5-6-19-11)12-4-3-10(7-14-12)13(16)18-2/h3-4,7,11H,5-6,8-9H2,1-2H3/t11-/m1/s1. The van der Waals surface area contributed by atoms with E-state index in [0.717, 1.165) is 18.9 Å². The van der Waals surface area contributed by atoms with E-state index in [1.807, 2.05) is 6.07 Å². The molecular weight excluding hydrogens is 248 g/mol. The molecule has 2 heterocycles. The number of carbonyl (C=O) groups excluding carboxylic acids is 1. The Bertz CT molecular complexity index is 419. The summed E-state index contributed by atoms with van der Waals surface area (Å²) in [4.78, 5) is 17.7. The average molecular weight is 266 g/mol. The lowest BCUT2D eigenvalue weighted by molar-refractivity contribution is -0.0102. The van der Waals surface area contributed by atoms with Crippen molar-refractivity contribution < 1.29 is 19.0 Å². The predicted molar refractivity (Wildman–Crippen MR) is 69.4 cm³/mol. The Kier molecular flexibility index (Phi) is 4.70. The second-order valence-electron chi connectivity index (χ2n) is 4.29. The van der Waals surface area contributed by atoms with Gasteiger partial charge in [0.05, 0.1) is 32.0 Å². The maximum atomic E-state index is 11.3. The molecule has 6 heteroatoms. The van der Waals surface area contributed by atoms with Crippen molar-refractivity contribution in [2.24, 2.45) is 0 Å². The summed E-state index contributed by atoms with van der Waals surface area (Å²) >= 11 is 0. The van der Waals surface area contributed by atoms with E-state index in [-0.39, 0.29) is 12.1 Å². The molecule has 0 radical (unpaired) electrons. The number of rotatable bonds is 4.